The molecule has 0 aliphatic carbocycles. The quantitative estimate of drug-likeness (QED) is 0.809. The standard InChI is InChI=1S/C12H18BrNOS2/c1-8-7-10(17-11(8)13)12(15)14(3)9(2)5-6-16-4/h7,9H,5-6H2,1-4H3. The van der Waals surface area contributed by atoms with E-state index in [-0.39, 0.29) is 11.9 Å². The lowest BCUT2D eigenvalue weighted by Crippen LogP contribution is -2.35. The summed E-state index contributed by atoms with van der Waals surface area (Å²) in [6.07, 6.45) is 3.13. The molecule has 5 heteroatoms. The summed E-state index contributed by atoms with van der Waals surface area (Å²) in [6, 6.07) is 2.24. The SMILES string of the molecule is CSCCC(C)N(C)C(=O)c1cc(C)c(Br)s1. The number of halogens is 1. The van der Waals surface area contributed by atoms with E-state index in [2.05, 4.69) is 29.1 Å². The highest BCUT2D eigenvalue weighted by atomic mass is 79.9. The maximum atomic E-state index is 12.2. The van der Waals surface area contributed by atoms with Crippen LogP contribution in [0.4, 0.5) is 0 Å². The minimum atomic E-state index is 0.123. The first-order valence-corrected chi connectivity index (χ1v) is 8.49. The predicted molar refractivity (Wildman–Crippen MR) is 81.3 cm³/mol. The lowest BCUT2D eigenvalue weighted by molar-refractivity contribution is 0.0746. The molecule has 1 heterocycles. The number of carbonyl (C=O) groups is 1. The Kier molecular flexibility index (Phi) is 6.03. The van der Waals surface area contributed by atoms with Crippen LogP contribution >= 0.6 is 39.0 Å². The molecule has 1 rings (SSSR count). The van der Waals surface area contributed by atoms with E-state index in [0.29, 0.717) is 0 Å². The summed E-state index contributed by atoms with van der Waals surface area (Å²) in [5, 5.41) is 0. The third-order valence-electron chi connectivity index (χ3n) is 2.79. The zero-order valence-corrected chi connectivity index (χ0v) is 13.8. The third kappa shape index (κ3) is 4.00. The fourth-order valence-corrected chi connectivity index (χ4v) is 3.52. The molecule has 0 bridgehead atoms. The molecule has 0 N–H and O–H groups in total. The van der Waals surface area contributed by atoms with Gasteiger partial charge in [-0.3, -0.25) is 4.79 Å². The fourth-order valence-electron chi connectivity index (χ4n) is 1.42. The van der Waals surface area contributed by atoms with Crippen molar-refractivity contribution in [3.05, 3.63) is 20.3 Å². The van der Waals surface area contributed by atoms with Gasteiger partial charge in [0, 0.05) is 13.1 Å². The van der Waals surface area contributed by atoms with Crippen LogP contribution in [0.3, 0.4) is 0 Å². The van der Waals surface area contributed by atoms with Crippen LogP contribution in [0.25, 0.3) is 0 Å². The van der Waals surface area contributed by atoms with Gasteiger partial charge in [-0.05, 0) is 59.8 Å². The second-order valence-electron chi connectivity index (χ2n) is 4.11. The highest BCUT2D eigenvalue weighted by molar-refractivity contribution is 9.11. The number of rotatable bonds is 5. The normalized spacial score (nSPS) is 12.5. The number of hydrogen-bond acceptors (Lipinski definition) is 3. The topological polar surface area (TPSA) is 20.3 Å². The lowest BCUT2D eigenvalue weighted by atomic mass is 10.2. The van der Waals surface area contributed by atoms with Crippen LogP contribution in [-0.2, 0) is 0 Å². The molecular weight excluding hydrogens is 318 g/mol. The molecule has 17 heavy (non-hydrogen) atoms. The molecule has 0 aromatic carbocycles. The minimum absolute atomic E-state index is 0.123. The Balaban J connectivity index is 2.69. The molecule has 0 aliphatic rings. The summed E-state index contributed by atoms with van der Waals surface area (Å²) in [7, 11) is 1.89. The summed E-state index contributed by atoms with van der Waals surface area (Å²) in [4.78, 5) is 14.9. The molecule has 96 valence electrons. The molecule has 0 saturated heterocycles. The van der Waals surface area contributed by atoms with Gasteiger partial charge in [0.2, 0.25) is 0 Å². The summed E-state index contributed by atoms with van der Waals surface area (Å²) in [5.41, 5.74) is 1.13. The molecule has 1 aromatic rings. The van der Waals surface area contributed by atoms with Crippen LogP contribution in [0.15, 0.2) is 9.85 Å². The Morgan fingerprint density at radius 1 is 1.65 bits per heavy atom. The van der Waals surface area contributed by atoms with Crippen molar-refractivity contribution in [3.8, 4) is 0 Å². The average Bonchev–Trinajstić information content (AvgIpc) is 2.64. The Morgan fingerprint density at radius 2 is 2.29 bits per heavy atom. The van der Waals surface area contributed by atoms with Crippen LogP contribution in [0.2, 0.25) is 0 Å². The van der Waals surface area contributed by atoms with Crippen LogP contribution in [0.1, 0.15) is 28.6 Å². The van der Waals surface area contributed by atoms with Gasteiger partial charge in [-0.15, -0.1) is 11.3 Å². The Bertz CT molecular complexity index is 372. The van der Waals surface area contributed by atoms with Gasteiger partial charge in [0.15, 0.2) is 0 Å². The van der Waals surface area contributed by atoms with Crippen LogP contribution in [0, 0.1) is 6.92 Å². The van der Waals surface area contributed by atoms with E-state index >= 15 is 0 Å². The van der Waals surface area contributed by atoms with E-state index in [9.17, 15) is 4.79 Å². The number of thioether (sulfide) groups is 1. The Morgan fingerprint density at radius 3 is 2.76 bits per heavy atom. The molecule has 1 aromatic heterocycles. The molecule has 1 amide bonds. The second-order valence-corrected chi connectivity index (χ2v) is 7.47. The van der Waals surface area contributed by atoms with E-state index in [1.54, 1.807) is 0 Å². The van der Waals surface area contributed by atoms with Crippen molar-refractivity contribution in [2.24, 2.45) is 0 Å². The molecule has 1 unspecified atom stereocenters. The smallest absolute Gasteiger partial charge is 0.263 e. The highest BCUT2D eigenvalue weighted by Gasteiger charge is 2.19. The molecular formula is C12H18BrNOS2. The number of hydrogen-bond donors (Lipinski definition) is 0. The molecule has 0 spiro atoms. The summed E-state index contributed by atoms with van der Waals surface area (Å²) < 4.78 is 1.05. The molecule has 0 aliphatic heterocycles. The van der Waals surface area contributed by atoms with E-state index < -0.39 is 0 Å². The number of aryl methyl sites for hydroxylation is 1. The van der Waals surface area contributed by atoms with Gasteiger partial charge in [-0.2, -0.15) is 11.8 Å². The van der Waals surface area contributed by atoms with Gasteiger partial charge in [-0.1, -0.05) is 0 Å². The van der Waals surface area contributed by atoms with Gasteiger partial charge in [0.1, 0.15) is 0 Å². The third-order valence-corrected chi connectivity index (χ3v) is 5.56. The predicted octanol–water partition coefficient (Wildman–Crippen LogP) is 4.03. The first-order valence-electron chi connectivity index (χ1n) is 5.49. The van der Waals surface area contributed by atoms with E-state index in [1.807, 2.05) is 36.7 Å². The average molecular weight is 336 g/mol. The number of thiophene rings is 1. The second kappa shape index (κ2) is 6.81. The van der Waals surface area contributed by atoms with Crippen molar-refractivity contribution in [2.45, 2.75) is 26.3 Å². The molecule has 1 atom stereocenters. The number of nitrogens with zero attached hydrogens (tertiary/aromatic N) is 1. The molecule has 0 saturated carbocycles. The van der Waals surface area contributed by atoms with Gasteiger partial charge in [0.05, 0.1) is 8.66 Å². The van der Waals surface area contributed by atoms with E-state index in [0.717, 1.165) is 26.4 Å². The summed E-state index contributed by atoms with van der Waals surface area (Å²) >= 11 is 6.79. The van der Waals surface area contributed by atoms with Crippen LogP contribution < -0.4 is 0 Å². The molecule has 2 nitrogen and oxygen atoms in total. The number of carbonyl (C=O) groups excluding carboxylic acids is 1. The van der Waals surface area contributed by atoms with Crippen molar-refractivity contribution >= 4 is 44.9 Å². The van der Waals surface area contributed by atoms with Gasteiger partial charge >= 0.3 is 0 Å². The maximum absolute atomic E-state index is 12.2. The highest BCUT2D eigenvalue weighted by Crippen LogP contribution is 2.28. The monoisotopic (exact) mass is 335 g/mol. The van der Waals surface area contributed by atoms with E-state index in [1.165, 1.54) is 11.3 Å². The molecule has 0 fully saturated rings. The fraction of sp³-hybridized carbons (Fsp3) is 0.583. The van der Waals surface area contributed by atoms with Crippen molar-refractivity contribution in [2.75, 3.05) is 19.1 Å². The van der Waals surface area contributed by atoms with Gasteiger partial charge in [-0.25, -0.2) is 0 Å². The first kappa shape index (κ1) is 15.1. The minimum Gasteiger partial charge on any atom is -0.338 e. The van der Waals surface area contributed by atoms with E-state index in [4.69, 9.17) is 0 Å². The van der Waals surface area contributed by atoms with Crippen molar-refractivity contribution in [3.63, 3.8) is 0 Å². The largest absolute Gasteiger partial charge is 0.338 e. The van der Waals surface area contributed by atoms with Crippen LogP contribution in [-0.4, -0.2) is 35.9 Å². The molecule has 0 radical (unpaired) electrons. The zero-order valence-electron chi connectivity index (χ0n) is 10.6. The Labute approximate surface area is 120 Å². The van der Waals surface area contributed by atoms with Crippen molar-refractivity contribution in [1.29, 1.82) is 0 Å². The maximum Gasteiger partial charge on any atom is 0.263 e. The Hall–Kier alpha value is -0.0000000000000000833. The zero-order chi connectivity index (χ0) is 13.0. The van der Waals surface area contributed by atoms with Gasteiger partial charge in [0.25, 0.3) is 5.91 Å². The lowest BCUT2D eigenvalue weighted by Gasteiger charge is -2.24. The van der Waals surface area contributed by atoms with Gasteiger partial charge < -0.3 is 4.90 Å². The van der Waals surface area contributed by atoms with Crippen molar-refractivity contribution < 1.29 is 4.79 Å². The number of amides is 1. The summed E-state index contributed by atoms with van der Waals surface area (Å²) in [6.45, 7) is 4.11. The first-order chi connectivity index (χ1) is 7.97. The van der Waals surface area contributed by atoms with Crippen LogP contribution in [0.5, 0.6) is 0 Å². The van der Waals surface area contributed by atoms with Crippen molar-refractivity contribution in [1.82, 2.24) is 4.90 Å². The summed E-state index contributed by atoms with van der Waals surface area (Å²) in [5.74, 6) is 1.21.